The first-order valence-corrected chi connectivity index (χ1v) is 10.2. The van der Waals surface area contributed by atoms with Crippen molar-refractivity contribution in [3.05, 3.63) is 77.5 Å². The van der Waals surface area contributed by atoms with Gasteiger partial charge in [0.25, 0.3) is 5.91 Å². The average molecular weight is 374 g/mol. The SMILES string of the molecule is Cc1ccc(-c2nn(Cc3ccccc3)cc2C(=O)NC2CCCCC2)cc1. The molecule has 28 heavy (non-hydrogen) atoms. The van der Waals surface area contributed by atoms with E-state index in [1.165, 1.54) is 30.4 Å². The van der Waals surface area contributed by atoms with Crippen LogP contribution in [-0.4, -0.2) is 21.7 Å². The number of hydrogen-bond acceptors (Lipinski definition) is 2. The van der Waals surface area contributed by atoms with E-state index in [2.05, 4.69) is 36.5 Å². The third-order valence-corrected chi connectivity index (χ3v) is 5.46. The van der Waals surface area contributed by atoms with Crippen molar-refractivity contribution in [1.82, 2.24) is 15.1 Å². The maximum absolute atomic E-state index is 13.1. The van der Waals surface area contributed by atoms with Gasteiger partial charge in [-0.3, -0.25) is 9.48 Å². The van der Waals surface area contributed by atoms with Crippen molar-refractivity contribution in [2.45, 2.75) is 51.6 Å². The molecule has 2 aromatic carbocycles. The van der Waals surface area contributed by atoms with Gasteiger partial charge < -0.3 is 5.32 Å². The summed E-state index contributed by atoms with van der Waals surface area (Å²) in [6, 6.07) is 18.7. The summed E-state index contributed by atoms with van der Waals surface area (Å²) in [7, 11) is 0. The van der Waals surface area contributed by atoms with Crippen LogP contribution in [0.3, 0.4) is 0 Å². The third kappa shape index (κ3) is 4.33. The van der Waals surface area contributed by atoms with E-state index < -0.39 is 0 Å². The molecule has 3 aromatic rings. The average Bonchev–Trinajstić information content (AvgIpc) is 3.14. The van der Waals surface area contributed by atoms with E-state index in [4.69, 9.17) is 5.10 Å². The van der Waals surface area contributed by atoms with Gasteiger partial charge in [0.05, 0.1) is 12.1 Å². The van der Waals surface area contributed by atoms with Crippen molar-refractivity contribution >= 4 is 5.91 Å². The molecule has 1 heterocycles. The highest BCUT2D eigenvalue weighted by atomic mass is 16.1. The molecule has 0 unspecified atom stereocenters. The number of rotatable bonds is 5. The van der Waals surface area contributed by atoms with E-state index in [9.17, 15) is 4.79 Å². The zero-order valence-electron chi connectivity index (χ0n) is 16.4. The van der Waals surface area contributed by atoms with Gasteiger partial charge in [0, 0.05) is 17.8 Å². The fraction of sp³-hybridized carbons (Fsp3) is 0.333. The summed E-state index contributed by atoms with van der Waals surface area (Å²) in [5.41, 5.74) is 4.75. The van der Waals surface area contributed by atoms with E-state index in [0.29, 0.717) is 12.1 Å². The number of aryl methyl sites for hydroxylation is 1. The van der Waals surface area contributed by atoms with Crippen LogP contribution in [0.2, 0.25) is 0 Å². The zero-order chi connectivity index (χ0) is 19.3. The van der Waals surface area contributed by atoms with E-state index >= 15 is 0 Å². The summed E-state index contributed by atoms with van der Waals surface area (Å²) >= 11 is 0. The lowest BCUT2D eigenvalue weighted by atomic mass is 9.95. The zero-order valence-corrected chi connectivity index (χ0v) is 16.4. The Hall–Kier alpha value is -2.88. The standard InChI is InChI=1S/C24H27N3O/c1-18-12-14-20(15-13-18)23-22(24(28)25-21-10-6-3-7-11-21)17-27(26-23)16-19-8-4-2-5-9-19/h2,4-5,8-9,12-15,17,21H,3,6-7,10-11,16H2,1H3,(H,25,28). The second-order valence-electron chi connectivity index (χ2n) is 7.75. The Bertz CT molecular complexity index is 922. The molecule has 1 N–H and O–H groups in total. The fourth-order valence-corrected chi connectivity index (χ4v) is 3.87. The number of nitrogens with one attached hydrogen (secondary N) is 1. The van der Waals surface area contributed by atoms with E-state index in [-0.39, 0.29) is 11.9 Å². The van der Waals surface area contributed by atoms with Crippen molar-refractivity contribution < 1.29 is 4.79 Å². The maximum atomic E-state index is 13.1. The smallest absolute Gasteiger partial charge is 0.255 e. The van der Waals surface area contributed by atoms with Gasteiger partial charge in [-0.15, -0.1) is 0 Å². The summed E-state index contributed by atoms with van der Waals surface area (Å²) in [5.74, 6) is -0.0122. The summed E-state index contributed by atoms with van der Waals surface area (Å²) in [4.78, 5) is 13.1. The number of hydrogen-bond donors (Lipinski definition) is 1. The molecule has 1 aromatic heterocycles. The quantitative estimate of drug-likeness (QED) is 0.686. The minimum absolute atomic E-state index is 0.0122. The first-order valence-electron chi connectivity index (χ1n) is 10.2. The number of carbonyl (C=O) groups is 1. The molecule has 0 saturated heterocycles. The van der Waals surface area contributed by atoms with Crippen LogP contribution < -0.4 is 5.32 Å². The number of benzene rings is 2. The van der Waals surface area contributed by atoms with Crippen LogP contribution >= 0.6 is 0 Å². The molecule has 0 radical (unpaired) electrons. The molecule has 144 valence electrons. The van der Waals surface area contributed by atoms with Gasteiger partial charge in [-0.1, -0.05) is 79.4 Å². The van der Waals surface area contributed by atoms with E-state index in [1.807, 2.05) is 41.2 Å². The monoisotopic (exact) mass is 373 g/mol. The van der Waals surface area contributed by atoms with Crippen LogP contribution in [-0.2, 0) is 6.54 Å². The summed E-state index contributed by atoms with van der Waals surface area (Å²) in [6.45, 7) is 2.71. The third-order valence-electron chi connectivity index (χ3n) is 5.46. The van der Waals surface area contributed by atoms with Gasteiger partial charge in [0.2, 0.25) is 0 Å². The first kappa shape index (κ1) is 18.5. The van der Waals surface area contributed by atoms with Crippen LogP contribution in [0.25, 0.3) is 11.3 Å². The molecule has 0 atom stereocenters. The molecular formula is C24H27N3O. The lowest BCUT2D eigenvalue weighted by molar-refractivity contribution is 0.0928. The number of amides is 1. The molecule has 4 nitrogen and oxygen atoms in total. The normalized spacial score (nSPS) is 14.8. The molecule has 0 bridgehead atoms. The summed E-state index contributed by atoms with van der Waals surface area (Å²) in [6.07, 6.45) is 7.70. The predicted molar refractivity (Wildman–Crippen MR) is 112 cm³/mol. The first-order chi connectivity index (χ1) is 13.7. The number of nitrogens with zero attached hydrogens (tertiary/aromatic N) is 2. The lowest BCUT2D eigenvalue weighted by Crippen LogP contribution is -2.36. The molecule has 1 amide bonds. The van der Waals surface area contributed by atoms with E-state index in [1.54, 1.807) is 0 Å². The molecule has 4 heteroatoms. The molecule has 4 rings (SSSR count). The van der Waals surface area contributed by atoms with Crippen LogP contribution in [0.1, 0.15) is 53.6 Å². The Morgan fingerprint density at radius 3 is 2.46 bits per heavy atom. The summed E-state index contributed by atoms with van der Waals surface area (Å²) in [5, 5.41) is 8.02. The number of carbonyl (C=O) groups excluding carboxylic acids is 1. The highest BCUT2D eigenvalue weighted by Crippen LogP contribution is 2.24. The second-order valence-corrected chi connectivity index (χ2v) is 7.75. The minimum atomic E-state index is -0.0122. The highest BCUT2D eigenvalue weighted by Gasteiger charge is 2.22. The molecule has 0 spiro atoms. The van der Waals surface area contributed by atoms with Gasteiger partial charge in [-0.05, 0) is 25.3 Å². The number of aromatic nitrogens is 2. The van der Waals surface area contributed by atoms with Crippen molar-refractivity contribution in [2.24, 2.45) is 0 Å². The summed E-state index contributed by atoms with van der Waals surface area (Å²) < 4.78 is 1.88. The van der Waals surface area contributed by atoms with Gasteiger partial charge in [-0.2, -0.15) is 5.10 Å². The molecule has 1 fully saturated rings. The molecular weight excluding hydrogens is 346 g/mol. The Labute approximate surface area is 166 Å². The second kappa shape index (κ2) is 8.42. The maximum Gasteiger partial charge on any atom is 0.255 e. The predicted octanol–water partition coefficient (Wildman–Crippen LogP) is 4.97. The van der Waals surface area contributed by atoms with Crippen LogP contribution in [0, 0.1) is 6.92 Å². The molecule has 1 aliphatic rings. The Morgan fingerprint density at radius 2 is 1.75 bits per heavy atom. The highest BCUT2D eigenvalue weighted by molar-refractivity contribution is 6.00. The Kier molecular flexibility index (Phi) is 5.56. The van der Waals surface area contributed by atoms with Crippen molar-refractivity contribution in [3.63, 3.8) is 0 Å². The molecule has 1 saturated carbocycles. The Morgan fingerprint density at radius 1 is 1.04 bits per heavy atom. The van der Waals surface area contributed by atoms with Gasteiger partial charge in [0.15, 0.2) is 0 Å². The van der Waals surface area contributed by atoms with Crippen molar-refractivity contribution in [3.8, 4) is 11.3 Å². The topological polar surface area (TPSA) is 46.9 Å². The van der Waals surface area contributed by atoms with Gasteiger partial charge >= 0.3 is 0 Å². The molecule has 0 aliphatic heterocycles. The molecule has 1 aliphatic carbocycles. The van der Waals surface area contributed by atoms with Gasteiger partial charge in [-0.25, -0.2) is 0 Å². The largest absolute Gasteiger partial charge is 0.349 e. The fourth-order valence-electron chi connectivity index (χ4n) is 3.87. The Balaban J connectivity index is 1.63. The van der Waals surface area contributed by atoms with Crippen LogP contribution in [0.15, 0.2) is 60.8 Å². The van der Waals surface area contributed by atoms with Crippen molar-refractivity contribution in [1.29, 1.82) is 0 Å². The van der Waals surface area contributed by atoms with Gasteiger partial charge in [0.1, 0.15) is 5.69 Å². The van der Waals surface area contributed by atoms with Crippen LogP contribution in [0.5, 0.6) is 0 Å². The van der Waals surface area contributed by atoms with Crippen molar-refractivity contribution in [2.75, 3.05) is 0 Å². The minimum Gasteiger partial charge on any atom is -0.349 e. The van der Waals surface area contributed by atoms with Crippen LogP contribution in [0.4, 0.5) is 0 Å². The lowest BCUT2D eigenvalue weighted by Gasteiger charge is -2.22. The van der Waals surface area contributed by atoms with E-state index in [0.717, 1.165) is 24.1 Å².